The summed E-state index contributed by atoms with van der Waals surface area (Å²) in [6.07, 6.45) is 2.99. The number of halogens is 1. The van der Waals surface area contributed by atoms with E-state index >= 15 is 0 Å². The van der Waals surface area contributed by atoms with E-state index in [1.165, 1.54) is 4.31 Å². The van der Waals surface area contributed by atoms with Gasteiger partial charge in [0.25, 0.3) is 0 Å². The predicted molar refractivity (Wildman–Crippen MR) is 142 cm³/mol. The molecule has 0 radical (unpaired) electrons. The summed E-state index contributed by atoms with van der Waals surface area (Å²) in [7, 11) is -3.58. The number of nitrogens with zero attached hydrogens (tertiary/aromatic N) is 2. The molecule has 1 N–H and O–H groups in total. The predicted octanol–water partition coefficient (Wildman–Crippen LogP) is 4.18. The van der Waals surface area contributed by atoms with E-state index in [-0.39, 0.29) is 24.8 Å². The molecule has 1 unspecified atom stereocenters. The van der Waals surface area contributed by atoms with E-state index in [1.807, 2.05) is 44.2 Å². The Morgan fingerprint density at radius 1 is 1.09 bits per heavy atom. The molecule has 0 aromatic heterocycles. The Kier molecular flexibility index (Phi) is 11.0. The van der Waals surface area contributed by atoms with Crippen LogP contribution in [0.25, 0.3) is 0 Å². The zero-order chi connectivity index (χ0) is 26.0. The maximum Gasteiger partial charge on any atom is 0.242 e. The number of rotatable bonds is 13. The van der Waals surface area contributed by atoms with Gasteiger partial charge in [-0.2, -0.15) is 0 Å². The Hall–Kier alpha value is -2.58. The monoisotopic (exact) mass is 521 g/mol. The molecule has 2 amide bonds. The molecule has 0 fully saturated rings. The van der Waals surface area contributed by atoms with E-state index in [0.29, 0.717) is 36.6 Å². The molecule has 2 rings (SSSR count). The Bertz CT molecular complexity index is 1090. The Labute approximate surface area is 214 Å². The summed E-state index contributed by atoms with van der Waals surface area (Å²) in [6.45, 7) is 6.59. The molecule has 0 aliphatic carbocycles. The lowest BCUT2D eigenvalue weighted by molar-refractivity contribution is -0.139. The number of benzene rings is 2. The molecule has 192 valence electrons. The van der Waals surface area contributed by atoms with Crippen molar-refractivity contribution in [2.45, 2.75) is 52.5 Å². The number of anilines is 1. The standard InChI is InChI=1S/C26H36ClN3O4S/c1-5-16-28-26(32)21(3)29(18-15-22-10-7-6-8-11-22)25(31)12-9-17-30(35(4,33)34)24-19-23(27)14-13-20(24)2/h6-8,10-11,13-14,19,21H,5,9,12,15-18H2,1-4H3,(H,28,32). The van der Waals surface area contributed by atoms with Crippen molar-refractivity contribution >= 4 is 39.1 Å². The van der Waals surface area contributed by atoms with Crippen molar-refractivity contribution in [3.63, 3.8) is 0 Å². The first kappa shape index (κ1) is 28.7. The molecule has 2 aromatic rings. The van der Waals surface area contributed by atoms with E-state index < -0.39 is 16.1 Å². The van der Waals surface area contributed by atoms with Gasteiger partial charge in [-0.15, -0.1) is 0 Å². The minimum atomic E-state index is -3.58. The molecule has 0 aliphatic rings. The number of hydrogen-bond acceptors (Lipinski definition) is 4. The number of aryl methyl sites for hydroxylation is 1. The molecule has 1 atom stereocenters. The van der Waals surface area contributed by atoms with Crippen LogP contribution < -0.4 is 9.62 Å². The second kappa shape index (κ2) is 13.5. The first-order valence-electron chi connectivity index (χ1n) is 11.9. The fraction of sp³-hybridized carbons (Fsp3) is 0.462. The fourth-order valence-electron chi connectivity index (χ4n) is 3.80. The topological polar surface area (TPSA) is 86.8 Å². The van der Waals surface area contributed by atoms with Gasteiger partial charge in [-0.1, -0.05) is 54.9 Å². The third-order valence-corrected chi connectivity index (χ3v) is 7.21. The van der Waals surface area contributed by atoms with Gasteiger partial charge in [-0.3, -0.25) is 13.9 Å². The van der Waals surface area contributed by atoms with Gasteiger partial charge < -0.3 is 10.2 Å². The van der Waals surface area contributed by atoms with Gasteiger partial charge in [0, 0.05) is 31.1 Å². The van der Waals surface area contributed by atoms with Crippen molar-refractivity contribution < 1.29 is 18.0 Å². The Balaban J connectivity index is 2.13. The summed E-state index contributed by atoms with van der Waals surface area (Å²) in [5, 5.41) is 3.30. The van der Waals surface area contributed by atoms with Gasteiger partial charge in [0.05, 0.1) is 11.9 Å². The fourth-order valence-corrected chi connectivity index (χ4v) is 4.98. The number of amides is 2. The van der Waals surface area contributed by atoms with Crippen LogP contribution in [0.15, 0.2) is 48.5 Å². The van der Waals surface area contributed by atoms with Crippen LogP contribution in [0.2, 0.25) is 5.02 Å². The van der Waals surface area contributed by atoms with Crippen LogP contribution in [0.1, 0.15) is 44.2 Å². The molecule has 9 heteroatoms. The number of hydrogen-bond donors (Lipinski definition) is 1. The van der Waals surface area contributed by atoms with Crippen LogP contribution in [-0.2, 0) is 26.0 Å². The summed E-state index contributed by atoms with van der Waals surface area (Å²) >= 11 is 6.10. The average molecular weight is 522 g/mol. The highest BCUT2D eigenvalue weighted by atomic mass is 35.5. The van der Waals surface area contributed by atoms with E-state index in [1.54, 1.807) is 30.0 Å². The molecule has 0 saturated carbocycles. The van der Waals surface area contributed by atoms with Gasteiger partial charge in [0.2, 0.25) is 21.8 Å². The van der Waals surface area contributed by atoms with E-state index in [9.17, 15) is 18.0 Å². The highest BCUT2D eigenvalue weighted by Gasteiger charge is 2.26. The first-order chi connectivity index (χ1) is 16.5. The van der Waals surface area contributed by atoms with Gasteiger partial charge in [0.15, 0.2) is 0 Å². The van der Waals surface area contributed by atoms with Crippen molar-refractivity contribution in [3.8, 4) is 0 Å². The Morgan fingerprint density at radius 3 is 2.40 bits per heavy atom. The minimum Gasteiger partial charge on any atom is -0.354 e. The molecule has 35 heavy (non-hydrogen) atoms. The number of carbonyl (C=O) groups is 2. The van der Waals surface area contributed by atoms with Crippen LogP contribution in [-0.4, -0.2) is 57.1 Å². The first-order valence-corrected chi connectivity index (χ1v) is 14.1. The second-order valence-electron chi connectivity index (χ2n) is 8.66. The lowest BCUT2D eigenvalue weighted by atomic mass is 10.1. The third kappa shape index (κ3) is 8.85. The van der Waals surface area contributed by atoms with Gasteiger partial charge in [-0.05, 0) is 56.4 Å². The maximum atomic E-state index is 13.2. The molecule has 0 aliphatic heterocycles. The summed E-state index contributed by atoms with van der Waals surface area (Å²) < 4.78 is 26.3. The van der Waals surface area contributed by atoms with E-state index in [2.05, 4.69) is 5.32 Å². The van der Waals surface area contributed by atoms with Crippen molar-refractivity contribution in [1.82, 2.24) is 10.2 Å². The van der Waals surface area contributed by atoms with Crippen molar-refractivity contribution in [2.75, 3.05) is 30.2 Å². The minimum absolute atomic E-state index is 0.117. The summed E-state index contributed by atoms with van der Waals surface area (Å²) in [5.41, 5.74) is 2.35. The normalized spacial score (nSPS) is 12.1. The average Bonchev–Trinajstić information content (AvgIpc) is 2.81. The molecule has 2 aromatic carbocycles. The molecular formula is C26H36ClN3O4S. The maximum absolute atomic E-state index is 13.2. The van der Waals surface area contributed by atoms with E-state index in [0.717, 1.165) is 23.8 Å². The van der Waals surface area contributed by atoms with Crippen LogP contribution in [0.5, 0.6) is 0 Å². The van der Waals surface area contributed by atoms with Crippen molar-refractivity contribution in [3.05, 3.63) is 64.7 Å². The lowest BCUT2D eigenvalue weighted by Crippen LogP contribution is -2.49. The summed E-state index contributed by atoms with van der Waals surface area (Å²) in [4.78, 5) is 27.4. The number of nitrogens with one attached hydrogen (secondary N) is 1. The molecule has 0 spiro atoms. The second-order valence-corrected chi connectivity index (χ2v) is 11.0. The van der Waals surface area contributed by atoms with Gasteiger partial charge in [-0.25, -0.2) is 8.42 Å². The SMILES string of the molecule is CCCNC(=O)C(C)N(CCc1ccccc1)C(=O)CCCN(c1cc(Cl)ccc1C)S(C)(=O)=O. The highest BCUT2D eigenvalue weighted by molar-refractivity contribution is 7.92. The molecule has 0 saturated heterocycles. The zero-order valence-electron chi connectivity index (χ0n) is 21.0. The zero-order valence-corrected chi connectivity index (χ0v) is 22.5. The summed E-state index contributed by atoms with van der Waals surface area (Å²) in [6, 6.07) is 14.3. The van der Waals surface area contributed by atoms with E-state index in [4.69, 9.17) is 11.6 Å². The van der Waals surface area contributed by atoms with Crippen LogP contribution in [0.4, 0.5) is 5.69 Å². The smallest absolute Gasteiger partial charge is 0.242 e. The Morgan fingerprint density at radius 2 is 1.77 bits per heavy atom. The molecular weight excluding hydrogens is 486 g/mol. The molecule has 7 nitrogen and oxygen atoms in total. The number of carbonyl (C=O) groups excluding carboxylic acids is 2. The summed E-state index contributed by atoms with van der Waals surface area (Å²) in [5.74, 6) is -0.378. The molecule has 0 heterocycles. The molecule has 0 bridgehead atoms. The van der Waals surface area contributed by atoms with Crippen LogP contribution in [0, 0.1) is 6.92 Å². The van der Waals surface area contributed by atoms with Gasteiger partial charge >= 0.3 is 0 Å². The number of sulfonamides is 1. The quantitative estimate of drug-likeness (QED) is 0.428. The van der Waals surface area contributed by atoms with Crippen LogP contribution >= 0.6 is 11.6 Å². The lowest BCUT2D eigenvalue weighted by Gasteiger charge is -2.29. The van der Waals surface area contributed by atoms with Crippen molar-refractivity contribution in [2.24, 2.45) is 0 Å². The van der Waals surface area contributed by atoms with Crippen LogP contribution in [0.3, 0.4) is 0 Å². The third-order valence-electron chi connectivity index (χ3n) is 5.79. The highest BCUT2D eigenvalue weighted by Crippen LogP contribution is 2.26. The van der Waals surface area contributed by atoms with Crippen molar-refractivity contribution in [1.29, 1.82) is 0 Å². The van der Waals surface area contributed by atoms with Gasteiger partial charge in [0.1, 0.15) is 6.04 Å². The largest absolute Gasteiger partial charge is 0.354 e.